The van der Waals surface area contributed by atoms with E-state index >= 15 is 0 Å². The number of carbonyl (C=O) groups is 2. The number of nitrogens with one attached hydrogen (secondary N) is 3. The quantitative estimate of drug-likeness (QED) is 0.489. The summed E-state index contributed by atoms with van der Waals surface area (Å²) in [4.78, 5) is 29.0. The van der Waals surface area contributed by atoms with Crippen molar-refractivity contribution in [3.63, 3.8) is 0 Å². The van der Waals surface area contributed by atoms with E-state index in [9.17, 15) is 9.59 Å². The number of rotatable bonds is 5. The zero-order chi connectivity index (χ0) is 22.5. The first-order valence-corrected chi connectivity index (χ1v) is 10.5. The fourth-order valence-electron chi connectivity index (χ4n) is 3.47. The van der Waals surface area contributed by atoms with Crippen molar-refractivity contribution < 1.29 is 23.8 Å². The standard InChI is InChI=1S/C23H26N4O5/c1-14-5-6-16(10-19(14)25-15(2)28)22(29)27-23(24-12-18-4-3-9-30-18)26-17-7-8-20-21(11-17)32-13-31-20/h5-8,10-11,18H,3-4,9,12-13H2,1-2H3,(H,25,28)(H2,24,26,27,29)/t18-/m1/s1. The van der Waals surface area contributed by atoms with Gasteiger partial charge in [-0.3, -0.25) is 14.9 Å². The van der Waals surface area contributed by atoms with Gasteiger partial charge in [-0.1, -0.05) is 6.07 Å². The van der Waals surface area contributed by atoms with Gasteiger partial charge in [0, 0.05) is 36.5 Å². The summed E-state index contributed by atoms with van der Waals surface area (Å²) in [6.07, 6.45) is 1.98. The van der Waals surface area contributed by atoms with E-state index in [0.29, 0.717) is 40.9 Å². The van der Waals surface area contributed by atoms with Gasteiger partial charge < -0.3 is 24.8 Å². The van der Waals surface area contributed by atoms with E-state index in [1.165, 1.54) is 6.92 Å². The van der Waals surface area contributed by atoms with Crippen LogP contribution in [-0.4, -0.2) is 43.8 Å². The molecule has 4 rings (SSSR count). The number of amides is 2. The number of carbonyl (C=O) groups excluding carboxylic acids is 2. The molecule has 2 aromatic carbocycles. The van der Waals surface area contributed by atoms with Crippen LogP contribution in [-0.2, 0) is 9.53 Å². The average molecular weight is 438 g/mol. The number of aliphatic imine (C=N–C) groups is 1. The SMILES string of the molecule is CC(=O)Nc1cc(C(=O)NC(=NC[C@H]2CCCO2)Nc2ccc3c(c2)OCO3)ccc1C. The Morgan fingerprint density at radius 3 is 2.72 bits per heavy atom. The number of anilines is 2. The maximum absolute atomic E-state index is 13.0. The number of hydrogen-bond acceptors (Lipinski definition) is 6. The summed E-state index contributed by atoms with van der Waals surface area (Å²) in [5, 5.41) is 8.72. The zero-order valence-electron chi connectivity index (χ0n) is 18.1. The number of benzene rings is 2. The largest absolute Gasteiger partial charge is 0.454 e. The fraction of sp³-hybridized carbons (Fsp3) is 0.348. The molecule has 1 saturated heterocycles. The molecule has 1 atom stereocenters. The van der Waals surface area contributed by atoms with Crippen LogP contribution in [0.5, 0.6) is 11.5 Å². The van der Waals surface area contributed by atoms with Crippen LogP contribution in [0.3, 0.4) is 0 Å². The second-order valence-electron chi connectivity index (χ2n) is 7.68. The summed E-state index contributed by atoms with van der Waals surface area (Å²) in [7, 11) is 0. The third kappa shape index (κ3) is 5.36. The van der Waals surface area contributed by atoms with Gasteiger partial charge in [-0.05, 0) is 49.6 Å². The summed E-state index contributed by atoms with van der Waals surface area (Å²) in [6, 6.07) is 10.5. The van der Waals surface area contributed by atoms with Gasteiger partial charge >= 0.3 is 0 Å². The highest BCUT2D eigenvalue weighted by Gasteiger charge is 2.18. The molecule has 2 aliphatic heterocycles. The number of nitrogens with zero attached hydrogens (tertiary/aromatic N) is 1. The number of guanidine groups is 1. The van der Waals surface area contributed by atoms with Crippen LogP contribution in [0.4, 0.5) is 11.4 Å². The Bertz CT molecular complexity index is 1050. The minimum Gasteiger partial charge on any atom is -0.454 e. The highest BCUT2D eigenvalue weighted by Crippen LogP contribution is 2.34. The van der Waals surface area contributed by atoms with Gasteiger partial charge in [0.15, 0.2) is 11.5 Å². The summed E-state index contributed by atoms with van der Waals surface area (Å²) in [5.74, 6) is 1.04. The van der Waals surface area contributed by atoms with Gasteiger partial charge in [0.05, 0.1) is 12.6 Å². The normalized spacial score (nSPS) is 17.2. The molecule has 3 N–H and O–H groups in total. The van der Waals surface area contributed by atoms with Crippen LogP contribution >= 0.6 is 0 Å². The van der Waals surface area contributed by atoms with Gasteiger partial charge in [-0.2, -0.15) is 0 Å². The second-order valence-corrected chi connectivity index (χ2v) is 7.68. The van der Waals surface area contributed by atoms with Crippen LogP contribution in [0.1, 0.15) is 35.7 Å². The Morgan fingerprint density at radius 1 is 1.09 bits per heavy atom. The Hall–Kier alpha value is -3.59. The van der Waals surface area contributed by atoms with Crippen molar-refractivity contribution >= 4 is 29.1 Å². The third-order valence-corrected chi connectivity index (χ3v) is 5.15. The molecule has 0 bridgehead atoms. The second kappa shape index (κ2) is 9.69. The minimum absolute atomic E-state index is 0.0335. The van der Waals surface area contributed by atoms with Crippen molar-refractivity contribution in [3.8, 4) is 11.5 Å². The third-order valence-electron chi connectivity index (χ3n) is 5.15. The highest BCUT2D eigenvalue weighted by molar-refractivity contribution is 6.10. The lowest BCUT2D eigenvalue weighted by molar-refractivity contribution is -0.114. The minimum atomic E-state index is -0.351. The number of ether oxygens (including phenoxy) is 3. The van der Waals surface area contributed by atoms with E-state index in [1.54, 1.807) is 30.3 Å². The molecule has 2 aromatic rings. The first-order chi connectivity index (χ1) is 15.5. The molecule has 2 amide bonds. The molecule has 0 aliphatic carbocycles. The van der Waals surface area contributed by atoms with Crippen molar-refractivity contribution in [1.29, 1.82) is 0 Å². The van der Waals surface area contributed by atoms with E-state index in [2.05, 4.69) is 20.9 Å². The van der Waals surface area contributed by atoms with Crippen LogP contribution in [0.25, 0.3) is 0 Å². The maximum atomic E-state index is 13.0. The number of fused-ring (bicyclic) bond motifs is 1. The van der Waals surface area contributed by atoms with E-state index in [1.807, 2.05) is 13.0 Å². The molecule has 1 fully saturated rings. The summed E-state index contributed by atoms with van der Waals surface area (Å²) in [5.41, 5.74) is 2.55. The van der Waals surface area contributed by atoms with Gasteiger partial charge in [-0.15, -0.1) is 0 Å². The van der Waals surface area contributed by atoms with Crippen LogP contribution in [0, 0.1) is 6.92 Å². The molecular formula is C23H26N4O5. The van der Waals surface area contributed by atoms with Gasteiger partial charge in [0.1, 0.15) is 0 Å². The van der Waals surface area contributed by atoms with Crippen molar-refractivity contribution in [3.05, 3.63) is 47.5 Å². The van der Waals surface area contributed by atoms with Gasteiger partial charge in [-0.25, -0.2) is 4.99 Å². The Labute approximate surface area is 186 Å². The predicted octanol–water partition coefficient (Wildman–Crippen LogP) is 3.06. The maximum Gasteiger partial charge on any atom is 0.258 e. The number of aryl methyl sites for hydroxylation is 1. The molecule has 2 heterocycles. The smallest absolute Gasteiger partial charge is 0.258 e. The molecule has 2 aliphatic rings. The van der Waals surface area contributed by atoms with E-state index in [0.717, 1.165) is 25.0 Å². The van der Waals surface area contributed by atoms with Crippen molar-refractivity contribution in [2.24, 2.45) is 4.99 Å². The van der Waals surface area contributed by atoms with Gasteiger partial charge in [0.25, 0.3) is 5.91 Å². The van der Waals surface area contributed by atoms with Crippen molar-refractivity contribution in [2.75, 3.05) is 30.6 Å². The first-order valence-electron chi connectivity index (χ1n) is 10.5. The molecule has 0 aromatic heterocycles. The molecule has 168 valence electrons. The molecule has 0 saturated carbocycles. The molecule has 9 nitrogen and oxygen atoms in total. The Kier molecular flexibility index (Phi) is 6.55. The molecule has 32 heavy (non-hydrogen) atoms. The lowest BCUT2D eigenvalue weighted by atomic mass is 10.1. The Morgan fingerprint density at radius 2 is 1.94 bits per heavy atom. The summed E-state index contributed by atoms with van der Waals surface area (Å²) >= 11 is 0. The van der Waals surface area contributed by atoms with Crippen LogP contribution in [0.2, 0.25) is 0 Å². The van der Waals surface area contributed by atoms with Crippen molar-refractivity contribution in [1.82, 2.24) is 5.32 Å². The molecule has 0 spiro atoms. The predicted molar refractivity (Wildman–Crippen MR) is 120 cm³/mol. The van der Waals surface area contributed by atoms with Gasteiger partial charge in [0.2, 0.25) is 18.7 Å². The first kappa shape index (κ1) is 21.6. The topological polar surface area (TPSA) is 110 Å². The molecular weight excluding hydrogens is 412 g/mol. The molecule has 0 radical (unpaired) electrons. The monoisotopic (exact) mass is 438 g/mol. The average Bonchev–Trinajstić information content (AvgIpc) is 3.44. The highest BCUT2D eigenvalue weighted by atomic mass is 16.7. The summed E-state index contributed by atoms with van der Waals surface area (Å²) < 4.78 is 16.4. The fourth-order valence-corrected chi connectivity index (χ4v) is 3.47. The Balaban J connectivity index is 1.52. The van der Waals surface area contributed by atoms with E-state index in [4.69, 9.17) is 14.2 Å². The number of hydrogen-bond donors (Lipinski definition) is 3. The van der Waals surface area contributed by atoms with E-state index < -0.39 is 0 Å². The lowest BCUT2D eigenvalue weighted by Gasteiger charge is -2.14. The van der Waals surface area contributed by atoms with Crippen molar-refractivity contribution in [2.45, 2.75) is 32.8 Å². The summed E-state index contributed by atoms with van der Waals surface area (Å²) in [6.45, 7) is 4.63. The lowest BCUT2D eigenvalue weighted by Crippen LogP contribution is -2.36. The zero-order valence-corrected chi connectivity index (χ0v) is 18.1. The molecule has 9 heteroatoms. The molecule has 0 unspecified atom stereocenters. The van der Waals surface area contributed by atoms with Crippen LogP contribution < -0.4 is 25.4 Å². The van der Waals surface area contributed by atoms with Crippen LogP contribution in [0.15, 0.2) is 41.4 Å². The van der Waals surface area contributed by atoms with E-state index in [-0.39, 0.29) is 24.7 Å².